The topological polar surface area (TPSA) is 55.4 Å². The van der Waals surface area contributed by atoms with Crippen LogP contribution in [-0.2, 0) is 10.0 Å². The highest BCUT2D eigenvalue weighted by molar-refractivity contribution is 7.88. The van der Waals surface area contributed by atoms with Crippen molar-refractivity contribution < 1.29 is 13.2 Å². The van der Waals surface area contributed by atoms with Gasteiger partial charge in [0.25, 0.3) is 0 Å². The molecule has 13 heavy (non-hydrogen) atoms. The van der Waals surface area contributed by atoms with Gasteiger partial charge in [-0.15, -0.1) is 0 Å². The predicted octanol–water partition coefficient (Wildman–Crippen LogP) is 0.734. The minimum atomic E-state index is -3.22. The molecule has 0 fully saturated rings. The minimum absolute atomic E-state index is 0.582. The van der Waals surface area contributed by atoms with Crippen LogP contribution in [0.15, 0.2) is 30.3 Å². The molecule has 0 aromatic heterocycles. The van der Waals surface area contributed by atoms with Crippen LogP contribution in [0.2, 0.25) is 0 Å². The molecule has 0 aliphatic heterocycles. The molecule has 0 bridgehead atoms. The molecule has 71 valence electrons. The van der Waals surface area contributed by atoms with E-state index in [1.165, 1.54) is 0 Å². The number of sulfonamides is 1. The summed E-state index contributed by atoms with van der Waals surface area (Å²) in [4.78, 5) is 0. The van der Waals surface area contributed by atoms with Gasteiger partial charge in [0.15, 0.2) is 0 Å². The Bertz CT molecular complexity index is 347. The second-order valence-electron chi connectivity index (χ2n) is 2.44. The molecule has 1 rings (SSSR count). The van der Waals surface area contributed by atoms with Crippen molar-refractivity contribution in [2.24, 2.45) is 0 Å². The third kappa shape index (κ3) is 4.49. The summed E-state index contributed by atoms with van der Waals surface area (Å²) < 4.78 is 28.3. The first-order valence-electron chi connectivity index (χ1n) is 3.58. The molecule has 1 aromatic carbocycles. The molecule has 5 heteroatoms. The fourth-order valence-corrected chi connectivity index (χ4v) is 0.901. The fourth-order valence-electron chi connectivity index (χ4n) is 0.679. The molecule has 0 heterocycles. The maximum atomic E-state index is 10.6. The summed E-state index contributed by atoms with van der Waals surface area (Å²) in [5.41, 5.74) is 0. The van der Waals surface area contributed by atoms with Crippen molar-refractivity contribution >= 4 is 10.0 Å². The molecule has 4 nitrogen and oxygen atoms in total. The summed E-state index contributed by atoms with van der Waals surface area (Å²) in [6.07, 6.45) is 1.05. The largest absolute Gasteiger partial charge is 0.469 e. The third-order valence-corrected chi connectivity index (χ3v) is 1.72. The van der Waals surface area contributed by atoms with Crippen molar-refractivity contribution in [3.8, 4) is 5.75 Å². The normalized spacial score (nSPS) is 11.2. The maximum absolute atomic E-state index is 10.6. The lowest BCUT2D eigenvalue weighted by molar-refractivity contribution is 0.391. The van der Waals surface area contributed by atoms with Gasteiger partial charge in [0, 0.05) is 0 Å². The van der Waals surface area contributed by atoms with E-state index in [0.29, 0.717) is 5.75 Å². The SMILES string of the molecule is CS(=O)(=O)N[CH]Oc1ccccc1. The van der Waals surface area contributed by atoms with Crippen LogP contribution in [0, 0.1) is 6.73 Å². The minimum Gasteiger partial charge on any atom is -0.469 e. The van der Waals surface area contributed by atoms with Gasteiger partial charge in [-0.25, -0.2) is 8.42 Å². The molecular formula is C8H10NO3S. The first-order valence-corrected chi connectivity index (χ1v) is 5.48. The molecule has 1 radical (unpaired) electrons. The van der Waals surface area contributed by atoms with E-state index < -0.39 is 10.0 Å². The van der Waals surface area contributed by atoms with Crippen LogP contribution in [0.3, 0.4) is 0 Å². The van der Waals surface area contributed by atoms with Crippen molar-refractivity contribution in [1.29, 1.82) is 0 Å². The van der Waals surface area contributed by atoms with Crippen molar-refractivity contribution in [2.75, 3.05) is 6.26 Å². The quantitative estimate of drug-likeness (QED) is 0.779. The molecule has 0 spiro atoms. The van der Waals surface area contributed by atoms with Gasteiger partial charge in [0.1, 0.15) is 5.75 Å². The highest BCUT2D eigenvalue weighted by Gasteiger charge is 1.99. The molecule has 0 aliphatic rings. The van der Waals surface area contributed by atoms with Crippen LogP contribution < -0.4 is 9.46 Å². The van der Waals surface area contributed by atoms with E-state index in [1.54, 1.807) is 24.3 Å². The van der Waals surface area contributed by atoms with E-state index in [-0.39, 0.29) is 0 Å². The molecule has 1 N–H and O–H groups in total. The molecule has 0 saturated heterocycles. The zero-order chi connectivity index (χ0) is 9.73. The second kappa shape index (κ2) is 4.25. The summed E-state index contributed by atoms with van der Waals surface area (Å²) in [7, 11) is -3.22. The Balaban J connectivity index is 2.37. The number of benzene rings is 1. The molecule has 0 saturated carbocycles. The van der Waals surface area contributed by atoms with E-state index in [0.717, 1.165) is 13.0 Å². The Hall–Kier alpha value is -1.07. The summed E-state index contributed by atoms with van der Waals surface area (Å²) in [6.45, 7) is 1.03. The lowest BCUT2D eigenvalue weighted by Gasteiger charge is -2.03. The third-order valence-electron chi connectivity index (χ3n) is 1.20. The van der Waals surface area contributed by atoms with Gasteiger partial charge < -0.3 is 4.74 Å². The van der Waals surface area contributed by atoms with Crippen LogP contribution in [0.25, 0.3) is 0 Å². The Kier molecular flexibility index (Phi) is 3.27. The summed E-state index contributed by atoms with van der Waals surface area (Å²) in [5, 5.41) is 0. The number of para-hydroxylation sites is 1. The van der Waals surface area contributed by atoms with Gasteiger partial charge >= 0.3 is 0 Å². The van der Waals surface area contributed by atoms with Crippen molar-refractivity contribution in [3.05, 3.63) is 37.1 Å². The molecule has 0 amide bonds. The van der Waals surface area contributed by atoms with Gasteiger partial charge in [-0.05, 0) is 12.1 Å². The maximum Gasteiger partial charge on any atom is 0.214 e. The van der Waals surface area contributed by atoms with Crippen LogP contribution in [-0.4, -0.2) is 14.7 Å². The lowest BCUT2D eigenvalue weighted by atomic mass is 10.3. The predicted molar refractivity (Wildman–Crippen MR) is 49.3 cm³/mol. The number of ether oxygens (including phenoxy) is 1. The second-order valence-corrected chi connectivity index (χ2v) is 4.22. The molecule has 1 aromatic rings. The molecule has 0 unspecified atom stereocenters. The standard InChI is InChI=1S/C8H10NO3S/c1-13(10,11)9-7-12-8-5-3-2-4-6-8/h2-7,9H,1H3. The zero-order valence-corrected chi connectivity index (χ0v) is 7.91. The average Bonchev–Trinajstić information content (AvgIpc) is 2.04. The van der Waals surface area contributed by atoms with Gasteiger partial charge in [-0.2, -0.15) is 4.72 Å². The summed E-state index contributed by atoms with van der Waals surface area (Å²) in [6, 6.07) is 8.88. The van der Waals surface area contributed by atoms with Crippen molar-refractivity contribution in [3.63, 3.8) is 0 Å². The fraction of sp³-hybridized carbons (Fsp3) is 0.125. The molecular weight excluding hydrogens is 190 g/mol. The van der Waals surface area contributed by atoms with Gasteiger partial charge in [0.05, 0.1) is 6.26 Å². The Morgan fingerprint density at radius 3 is 2.46 bits per heavy atom. The monoisotopic (exact) mass is 200 g/mol. The van der Waals surface area contributed by atoms with Crippen molar-refractivity contribution in [1.82, 2.24) is 4.72 Å². The van der Waals surface area contributed by atoms with Gasteiger partial charge in [-0.3, -0.25) is 0 Å². The van der Waals surface area contributed by atoms with E-state index in [4.69, 9.17) is 4.74 Å². The number of nitrogens with one attached hydrogen (secondary N) is 1. The number of hydrogen-bond donors (Lipinski definition) is 1. The molecule has 0 atom stereocenters. The van der Waals surface area contributed by atoms with Gasteiger partial charge in [0.2, 0.25) is 16.8 Å². The highest BCUT2D eigenvalue weighted by Crippen LogP contribution is 2.08. The first-order chi connectivity index (χ1) is 6.08. The van der Waals surface area contributed by atoms with Crippen LogP contribution in [0.1, 0.15) is 0 Å². The van der Waals surface area contributed by atoms with E-state index in [2.05, 4.69) is 4.72 Å². The Morgan fingerprint density at radius 2 is 1.92 bits per heavy atom. The van der Waals surface area contributed by atoms with E-state index >= 15 is 0 Å². The first kappa shape index (κ1) is 10.0. The Labute approximate surface area is 77.6 Å². The summed E-state index contributed by atoms with van der Waals surface area (Å²) in [5.74, 6) is 0.582. The molecule has 0 aliphatic carbocycles. The van der Waals surface area contributed by atoms with E-state index in [1.807, 2.05) is 6.07 Å². The zero-order valence-electron chi connectivity index (χ0n) is 7.10. The van der Waals surface area contributed by atoms with Crippen LogP contribution in [0.5, 0.6) is 5.75 Å². The number of rotatable bonds is 4. The Morgan fingerprint density at radius 1 is 1.31 bits per heavy atom. The number of hydrogen-bond acceptors (Lipinski definition) is 3. The van der Waals surface area contributed by atoms with Crippen LogP contribution >= 0.6 is 0 Å². The average molecular weight is 200 g/mol. The lowest BCUT2D eigenvalue weighted by Crippen LogP contribution is -2.21. The van der Waals surface area contributed by atoms with Gasteiger partial charge in [-0.1, -0.05) is 18.2 Å². The van der Waals surface area contributed by atoms with E-state index in [9.17, 15) is 8.42 Å². The van der Waals surface area contributed by atoms with Crippen LogP contribution in [0.4, 0.5) is 0 Å². The highest BCUT2D eigenvalue weighted by atomic mass is 32.2. The summed E-state index contributed by atoms with van der Waals surface area (Å²) >= 11 is 0. The smallest absolute Gasteiger partial charge is 0.214 e. The van der Waals surface area contributed by atoms with Crippen molar-refractivity contribution in [2.45, 2.75) is 0 Å².